The Hall–Kier alpha value is -1.63. The lowest BCUT2D eigenvalue weighted by molar-refractivity contribution is -0.121. The van der Waals surface area contributed by atoms with Gasteiger partial charge in [-0.1, -0.05) is 11.6 Å². The van der Waals surface area contributed by atoms with E-state index in [1.165, 1.54) is 7.11 Å². The van der Waals surface area contributed by atoms with E-state index in [0.717, 1.165) is 0 Å². The van der Waals surface area contributed by atoms with Crippen LogP contribution in [0.4, 0.5) is 0 Å². The number of aliphatic hydroxyl groups excluding tert-OH is 1. The van der Waals surface area contributed by atoms with Gasteiger partial charge in [-0.15, -0.1) is 0 Å². The van der Waals surface area contributed by atoms with Crippen molar-refractivity contribution >= 4 is 23.4 Å². The van der Waals surface area contributed by atoms with Crippen molar-refractivity contribution in [3.8, 4) is 0 Å². The van der Waals surface area contributed by atoms with E-state index in [0.29, 0.717) is 10.6 Å². The highest BCUT2D eigenvalue weighted by atomic mass is 35.5. The SMILES string of the molecule is COCC(CO)NC(=O)CNC(=O)c1ccc(Cl)cc1. The minimum absolute atomic E-state index is 0.179. The minimum atomic E-state index is -0.486. The monoisotopic (exact) mass is 300 g/mol. The fourth-order valence-corrected chi connectivity index (χ4v) is 1.61. The van der Waals surface area contributed by atoms with Gasteiger partial charge in [-0.3, -0.25) is 9.59 Å². The molecule has 6 nitrogen and oxygen atoms in total. The molecule has 0 fully saturated rings. The van der Waals surface area contributed by atoms with Crippen molar-refractivity contribution in [2.45, 2.75) is 6.04 Å². The topological polar surface area (TPSA) is 87.7 Å². The highest BCUT2D eigenvalue weighted by Gasteiger charge is 2.12. The lowest BCUT2D eigenvalue weighted by Crippen LogP contribution is -2.45. The van der Waals surface area contributed by atoms with Gasteiger partial charge >= 0.3 is 0 Å². The molecule has 0 saturated carbocycles. The molecule has 0 saturated heterocycles. The maximum atomic E-state index is 11.7. The van der Waals surface area contributed by atoms with Crippen LogP contribution in [0.25, 0.3) is 0 Å². The van der Waals surface area contributed by atoms with Crippen molar-refractivity contribution in [3.05, 3.63) is 34.9 Å². The second-order valence-corrected chi connectivity index (χ2v) is 4.53. The van der Waals surface area contributed by atoms with Gasteiger partial charge in [-0.05, 0) is 24.3 Å². The summed E-state index contributed by atoms with van der Waals surface area (Å²) in [6.45, 7) is -0.209. The lowest BCUT2D eigenvalue weighted by atomic mass is 10.2. The maximum absolute atomic E-state index is 11.7. The quantitative estimate of drug-likeness (QED) is 0.671. The van der Waals surface area contributed by atoms with Gasteiger partial charge in [0.15, 0.2) is 0 Å². The van der Waals surface area contributed by atoms with Gasteiger partial charge < -0.3 is 20.5 Å². The molecule has 0 heterocycles. The van der Waals surface area contributed by atoms with Gasteiger partial charge in [0.05, 0.1) is 25.8 Å². The molecule has 1 aromatic rings. The smallest absolute Gasteiger partial charge is 0.251 e. The number of amides is 2. The lowest BCUT2D eigenvalue weighted by Gasteiger charge is -2.15. The second-order valence-electron chi connectivity index (χ2n) is 4.09. The highest BCUT2D eigenvalue weighted by molar-refractivity contribution is 6.30. The Balaban J connectivity index is 2.40. The zero-order valence-electron chi connectivity index (χ0n) is 11.1. The van der Waals surface area contributed by atoms with Crippen LogP contribution in [0.15, 0.2) is 24.3 Å². The largest absolute Gasteiger partial charge is 0.394 e. The number of benzene rings is 1. The second kappa shape index (κ2) is 8.52. The number of hydrogen-bond acceptors (Lipinski definition) is 4. The molecule has 0 aliphatic rings. The first-order valence-corrected chi connectivity index (χ1v) is 6.37. The van der Waals surface area contributed by atoms with Crippen molar-refractivity contribution in [1.82, 2.24) is 10.6 Å². The van der Waals surface area contributed by atoms with E-state index in [1.54, 1.807) is 24.3 Å². The van der Waals surface area contributed by atoms with Gasteiger partial charge in [0.1, 0.15) is 0 Å². The van der Waals surface area contributed by atoms with E-state index < -0.39 is 11.9 Å². The molecular formula is C13H17ClN2O4. The number of rotatable bonds is 7. The Morgan fingerprint density at radius 1 is 1.35 bits per heavy atom. The third kappa shape index (κ3) is 5.56. The zero-order valence-corrected chi connectivity index (χ0v) is 11.8. The van der Waals surface area contributed by atoms with Gasteiger partial charge in [0.2, 0.25) is 5.91 Å². The fraction of sp³-hybridized carbons (Fsp3) is 0.385. The molecule has 0 radical (unpaired) electrons. The first kappa shape index (κ1) is 16.4. The summed E-state index contributed by atoms with van der Waals surface area (Å²) in [5.74, 6) is -0.771. The minimum Gasteiger partial charge on any atom is -0.394 e. The van der Waals surface area contributed by atoms with Crippen LogP contribution < -0.4 is 10.6 Å². The third-order valence-electron chi connectivity index (χ3n) is 2.47. The Morgan fingerprint density at radius 3 is 2.55 bits per heavy atom. The number of nitrogens with one attached hydrogen (secondary N) is 2. The summed E-state index contributed by atoms with van der Waals surface area (Å²) in [6, 6.07) is 5.84. The summed E-state index contributed by atoms with van der Waals surface area (Å²) in [4.78, 5) is 23.3. The summed E-state index contributed by atoms with van der Waals surface area (Å²) in [5.41, 5.74) is 0.415. The summed E-state index contributed by atoms with van der Waals surface area (Å²) in [5, 5.41) is 14.5. The van der Waals surface area contributed by atoms with Gasteiger partial charge in [-0.2, -0.15) is 0 Å². The zero-order chi connectivity index (χ0) is 15.0. The normalized spacial score (nSPS) is 11.8. The maximum Gasteiger partial charge on any atom is 0.251 e. The molecule has 0 aliphatic carbocycles. The average molecular weight is 301 g/mol. The van der Waals surface area contributed by atoms with Crippen molar-refractivity contribution in [2.75, 3.05) is 26.9 Å². The molecule has 1 atom stereocenters. The van der Waals surface area contributed by atoms with E-state index in [4.69, 9.17) is 21.4 Å². The molecular weight excluding hydrogens is 284 g/mol. The molecule has 1 unspecified atom stereocenters. The number of methoxy groups -OCH3 is 1. The third-order valence-corrected chi connectivity index (χ3v) is 2.72. The van der Waals surface area contributed by atoms with Crippen LogP contribution >= 0.6 is 11.6 Å². The molecule has 0 bridgehead atoms. The van der Waals surface area contributed by atoms with Crippen LogP contribution in [0.3, 0.4) is 0 Å². The Morgan fingerprint density at radius 2 is 2.00 bits per heavy atom. The predicted octanol–water partition coefficient (Wildman–Crippen LogP) is 0.193. The molecule has 1 rings (SSSR count). The first-order chi connectivity index (χ1) is 9.56. The van der Waals surface area contributed by atoms with Crippen molar-refractivity contribution < 1.29 is 19.4 Å². The van der Waals surface area contributed by atoms with Gasteiger partial charge in [0.25, 0.3) is 5.91 Å². The standard InChI is InChI=1S/C13H17ClN2O4/c1-20-8-11(7-17)16-12(18)6-15-13(19)9-2-4-10(14)5-3-9/h2-5,11,17H,6-8H2,1H3,(H,15,19)(H,16,18). The molecule has 1 aromatic carbocycles. The van der Waals surface area contributed by atoms with Crippen LogP contribution in [-0.2, 0) is 9.53 Å². The van der Waals surface area contributed by atoms with Crippen LogP contribution in [0.1, 0.15) is 10.4 Å². The van der Waals surface area contributed by atoms with E-state index in [2.05, 4.69) is 10.6 Å². The van der Waals surface area contributed by atoms with E-state index in [1.807, 2.05) is 0 Å². The number of hydrogen-bond donors (Lipinski definition) is 3. The fourth-order valence-electron chi connectivity index (χ4n) is 1.48. The van der Waals surface area contributed by atoms with E-state index in [-0.39, 0.29) is 25.7 Å². The van der Waals surface area contributed by atoms with Gasteiger partial charge in [0, 0.05) is 17.7 Å². The van der Waals surface area contributed by atoms with E-state index in [9.17, 15) is 9.59 Å². The first-order valence-electron chi connectivity index (χ1n) is 5.99. The molecule has 0 aliphatic heterocycles. The average Bonchev–Trinajstić information content (AvgIpc) is 2.45. The molecule has 20 heavy (non-hydrogen) atoms. The van der Waals surface area contributed by atoms with Crippen LogP contribution in [-0.4, -0.2) is 49.8 Å². The summed E-state index contributed by atoms with van der Waals surface area (Å²) >= 11 is 5.72. The number of halogens is 1. The van der Waals surface area contributed by atoms with Crippen molar-refractivity contribution in [2.24, 2.45) is 0 Å². The number of ether oxygens (including phenoxy) is 1. The molecule has 3 N–H and O–H groups in total. The summed E-state index contributed by atoms with van der Waals surface area (Å²) < 4.78 is 4.83. The molecule has 2 amide bonds. The van der Waals surface area contributed by atoms with Gasteiger partial charge in [-0.25, -0.2) is 0 Å². The summed E-state index contributed by atoms with van der Waals surface area (Å²) in [6.07, 6.45) is 0. The van der Waals surface area contributed by atoms with Crippen LogP contribution in [0.2, 0.25) is 5.02 Å². The molecule has 0 aromatic heterocycles. The molecule has 7 heteroatoms. The van der Waals surface area contributed by atoms with Crippen molar-refractivity contribution in [1.29, 1.82) is 0 Å². The van der Waals surface area contributed by atoms with Crippen molar-refractivity contribution in [3.63, 3.8) is 0 Å². The highest BCUT2D eigenvalue weighted by Crippen LogP contribution is 2.09. The van der Waals surface area contributed by atoms with E-state index >= 15 is 0 Å². The predicted molar refractivity (Wildman–Crippen MR) is 74.7 cm³/mol. The summed E-state index contributed by atoms with van der Waals surface area (Å²) in [7, 11) is 1.47. The Labute approximate surface area is 122 Å². The van der Waals surface area contributed by atoms with Crippen LogP contribution in [0.5, 0.6) is 0 Å². The number of aliphatic hydroxyl groups is 1. The molecule has 0 spiro atoms. The Bertz CT molecular complexity index is 450. The van der Waals surface area contributed by atoms with Crippen LogP contribution in [0, 0.1) is 0 Å². The Kier molecular flexibility index (Phi) is 7.00. The molecule has 110 valence electrons. The number of carbonyl (C=O) groups is 2. The number of carbonyl (C=O) groups excluding carboxylic acids is 2.